The summed E-state index contributed by atoms with van der Waals surface area (Å²) in [6.07, 6.45) is 4.30. The maximum atomic E-state index is 14.5. The third kappa shape index (κ3) is 4.74. The Morgan fingerprint density at radius 2 is 2.11 bits per heavy atom. The quantitative estimate of drug-likeness (QED) is 0.663. The Morgan fingerprint density at radius 3 is 2.78 bits per heavy atom. The van der Waals surface area contributed by atoms with Gasteiger partial charge in [-0.3, -0.25) is 4.79 Å². The highest BCUT2D eigenvalue weighted by atomic mass is 35.5. The topological polar surface area (TPSA) is 46.9 Å². The van der Waals surface area contributed by atoms with Gasteiger partial charge in [0, 0.05) is 23.8 Å². The number of amides is 1. The normalized spacial score (nSPS) is 12.0. The lowest BCUT2D eigenvalue weighted by atomic mass is 10.1. The summed E-state index contributed by atoms with van der Waals surface area (Å²) in [5.41, 5.74) is 2.16. The molecule has 0 fully saturated rings. The van der Waals surface area contributed by atoms with E-state index in [4.69, 9.17) is 11.6 Å². The van der Waals surface area contributed by atoms with Crippen LogP contribution in [0.15, 0.2) is 54.9 Å². The van der Waals surface area contributed by atoms with Gasteiger partial charge in [-0.1, -0.05) is 29.8 Å². The molecule has 4 nitrogen and oxygen atoms in total. The number of hydrogen-bond donors (Lipinski definition) is 1. The van der Waals surface area contributed by atoms with Gasteiger partial charge < -0.3 is 9.88 Å². The monoisotopic (exact) mass is 385 g/mol. The first-order chi connectivity index (χ1) is 12.9. The van der Waals surface area contributed by atoms with Crippen molar-refractivity contribution in [1.29, 1.82) is 0 Å². The largest absolute Gasteiger partial charge is 0.350 e. The second kappa shape index (κ2) is 8.35. The van der Waals surface area contributed by atoms with Crippen molar-refractivity contribution >= 4 is 17.5 Å². The van der Waals surface area contributed by atoms with Crippen LogP contribution >= 0.6 is 11.6 Å². The Hall–Kier alpha value is -2.66. The van der Waals surface area contributed by atoms with E-state index in [1.54, 1.807) is 29.1 Å². The molecule has 0 spiro atoms. The number of carbonyl (C=O) groups is 1. The fourth-order valence-corrected chi connectivity index (χ4v) is 3.18. The summed E-state index contributed by atoms with van der Waals surface area (Å²) in [5, 5.41) is 3.57. The average Bonchev–Trinajstić information content (AvgIpc) is 3.05. The van der Waals surface area contributed by atoms with Gasteiger partial charge in [0.2, 0.25) is 5.91 Å². The van der Waals surface area contributed by atoms with Gasteiger partial charge in [0.25, 0.3) is 0 Å². The van der Waals surface area contributed by atoms with Crippen LogP contribution in [0.1, 0.15) is 36.3 Å². The minimum atomic E-state index is -0.353. The van der Waals surface area contributed by atoms with E-state index in [-0.39, 0.29) is 17.8 Å². The van der Waals surface area contributed by atoms with E-state index in [2.05, 4.69) is 10.3 Å². The van der Waals surface area contributed by atoms with Crippen LogP contribution in [0.4, 0.5) is 4.39 Å². The van der Waals surface area contributed by atoms with Gasteiger partial charge in [-0.2, -0.15) is 0 Å². The van der Waals surface area contributed by atoms with Crippen molar-refractivity contribution in [3.05, 3.63) is 82.6 Å². The second-order valence-electron chi connectivity index (χ2n) is 6.47. The third-order valence-electron chi connectivity index (χ3n) is 4.46. The van der Waals surface area contributed by atoms with Crippen molar-refractivity contribution in [3.63, 3.8) is 0 Å². The molecule has 0 radical (unpaired) electrons. The molecule has 0 saturated heterocycles. The Balaban J connectivity index is 1.62. The number of imidazole rings is 1. The number of aromatic nitrogens is 2. The van der Waals surface area contributed by atoms with Crippen molar-refractivity contribution in [2.24, 2.45) is 0 Å². The van der Waals surface area contributed by atoms with Crippen molar-refractivity contribution in [3.8, 4) is 5.69 Å². The Bertz CT molecular complexity index is 954. The summed E-state index contributed by atoms with van der Waals surface area (Å²) in [6, 6.07) is 12.1. The fourth-order valence-electron chi connectivity index (χ4n) is 2.97. The van der Waals surface area contributed by atoms with Gasteiger partial charge in [0.05, 0.1) is 11.7 Å². The molecular formula is C21H21ClFN3O. The molecule has 6 heteroatoms. The van der Waals surface area contributed by atoms with Crippen molar-refractivity contribution in [2.45, 2.75) is 32.7 Å². The summed E-state index contributed by atoms with van der Waals surface area (Å²) in [7, 11) is 0. The minimum Gasteiger partial charge on any atom is -0.350 e. The highest BCUT2D eigenvalue weighted by Crippen LogP contribution is 2.21. The molecule has 0 aliphatic carbocycles. The predicted octanol–water partition coefficient (Wildman–Crippen LogP) is 4.78. The first-order valence-corrected chi connectivity index (χ1v) is 9.15. The highest BCUT2D eigenvalue weighted by Gasteiger charge is 2.13. The van der Waals surface area contributed by atoms with Crippen LogP contribution in [-0.2, 0) is 11.2 Å². The Labute approximate surface area is 163 Å². The highest BCUT2D eigenvalue weighted by molar-refractivity contribution is 6.30. The zero-order chi connectivity index (χ0) is 19.4. The smallest absolute Gasteiger partial charge is 0.220 e. The molecule has 1 aromatic heterocycles. The standard InChI is InChI=1S/C21H21ClFN3O/c1-14(25-21(27)9-6-16-4-3-5-18(22)12-16)17-7-8-20(19(23)13-17)26-11-10-24-15(26)2/h3-5,7-8,10-14H,6,9H2,1-2H3,(H,25,27)/t14-/m1/s1. The summed E-state index contributed by atoms with van der Waals surface area (Å²) >= 11 is 5.96. The Kier molecular flexibility index (Phi) is 5.91. The maximum Gasteiger partial charge on any atom is 0.220 e. The first-order valence-electron chi connectivity index (χ1n) is 8.77. The predicted molar refractivity (Wildman–Crippen MR) is 105 cm³/mol. The number of aryl methyl sites for hydroxylation is 2. The fraction of sp³-hybridized carbons (Fsp3) is 0.238. The van der Waals surface area contributed by atoms with E-state index in [1.165, 1.54) is 6.07 Å². The van der Waals surface area contributed by atoms with Gasteiger partial charge >= 0.3 is 0 Å². The summed E-state index contributed by atoms with van der Waals surface area (Å²) in [5.74, 6) is 0.273. The number of hydrogen-bond acceptors (Lipinski definition) is 2. The molecular weight excluding hydrogens is 365 g/mol. The van der Waals surface area contributed by atoms with Gasteiger partial charge in [0.1, 0.15) is 11.6 Å². The van der Waals surface area contributed by atoms with Crippen LogP contribution in [0.25, 0.3) is 5.69 Å². The zero-order valence-electron chi connectivity index (χ0n) is 15.2. The lowest BCUT2D eigenvalue weighted by Crippen LogP contribution is -2.27. The van der Waals surface area contributed by atoms with Gasteiger partial charge in [-0.25, -0.2) is 9.37 Å². The maximum absolute atomic E-state index is 14.5. The SMILES string of the molecule is Cc1nccn1-c1ccc([C@@H](C)NC(=O)CCc2cccc(Cl)c2)cc1F. The molecule has 27 heavy (non-hydrogen) atoms. The number of benzene rings is 2. The molecule has 0 unspecified atom stereocenters. The van der Waals surface area contributed by atoms with E-state index in [1.807, 2.05) is 38.1 Å². The molecule has 3 rings (SSSR count). The van der Waals surface area contributed by atoms with Crippen LogP contribution in [0.3, 0.4) is 0 Å². The number of nitrogens with zero attached hydrogens (tertiary/aromatic N) is 2. The number of halogens is 2. The van der Waals surface area contributed by atoms with Gasteiger partial charge in [-0.05, 0) is 55.7 Å². The van der Waals surface area contributed by atoms with E-state index >= 15 is 0 Å². The van der Waals surface area contributed by atoms with E-state index < -0.39 is 0 Å². The number of rotatable bonds is 6. The molecule has 2 aromatic carbocycles. The van der Waals surface area contributed by atoms with Crippen molar-refractivity contribution < 1.29 is 9.18 Å². The van der Waals surface area contributed by atoms with Crippen LogP contribution in [0.2, 0.25) is 5.02 Å². The molecule has 0 aliphatic heterocycles. The van der Waals surface area contributed by atoms with Crippen molar-refractivity contribution in [1.82, 2.24) is 14.9 Å². The third-order valence-corrected chi connectivity index (χ3v) is 4.70. The Morgan fingerprint density at radius 1 is 1.30 bits per heavy atom. The van der Waals surface area contributed by atoms with Crippen LogP contribution < -0.4 is 5.32 Å². The summed E-state index contributed by atoms with van der Waals surface area (Å²) in [6.45, 7) is 3.66. The number of nitrogens with one attached hydrogen (secondary N) is 1. The van der Waals surface area contributed by atoms with Gasteiger partial charge in [-0.15, -0.1) is 0 Å². The van der Waals surface area contributed by atoms with Crippen molar-refractivity contribution in [2.75, 3.05) is 0 Å². The zero-order valence-corrected chi connectivity index (χ0v) is 16.0. The van der Waals surface area contributed by atoms with Crippen LogP contribution in [-0.4, -0.2) is 15.5 Å². The summed E-state index contributed by atoms with van der Waals surface area (Å²) in [4.78, 5) is 16.3. The van der Waals surface area contributed by atoms with Crippen LogP contribution in [0, 0.1) is 12.7 Å². The summed E-state index contributed by atoms with van der Waals surface area (Å²) < 4.78 is 16.2. The molecule has 1 amide bonds. The molecule has 1 atom stereocenters. The second-order valence-corrected chi connectivity index (χ2v) is 6.91. The average molecular weight is 386 g/mol. The number of carbonyl (C=O) groups excluding carboxylic acids is 1. The molecule has 1 heterocycles. The molecule has 0 bridgehead atoms. The molecule has 0 aliphatic rings. The molecule has 1 N–H and O–H groups in total. The molecule has 140 valence electrons. The first kappa shape index (κ1) is 19.1. The molecule has 0 saturated carbocycles. The minimum absolute atomic E-state index is 0.0857. The lowest BCUT2D eigenvalue weighted by Gasteiger charge is -2.16. The van der Waals surface area contributed by atoms with Crippen LogP contribution in [0.5, 0.6) is 0 Å². The molecule has 3 aromatic rings. The van der Waals surface area contributed by atoms with E-state index in [0.717, 1.165) is 5.56 Å². The van der Waals surface area contributed by atoms with E-state index in [9.17, 15) is 9.18 Å². The van der Waals surface area contributed by atoms with E-state index in [0.29, 0.717) is 34.9 Å². The van der Waals surface area contributed by atoms with Gasteiger partial charge in [0.15, 0.2) is 0 Å². The lowest BCUT2D eigenvalue weighted by molar-refractivity contribution is -0.121.